The topological polar surface area (TPSA) is 41.1 Å². The Morgan fingerprint density at radius 3 is 2.58 bits per heavy atom. The molecule has 0 fully saturated rings. The number of carbonyl (C=O) groups excluding carboxylic acids is 1. The second kappa shape index (κ2) is 6.10. The summed E-state index contributed by atoms with van der Waals surface area (Å²) >= 11 is 5.68. The first-order valence-electron chi connectivity index (χ1n) is 5.19. The average Bonchev–Trinajstić information content (AvgIpc) is 2.35. The van der Waals surface area contributed by atoms with Crippen LogP contribution >= 0.6 is 11.6 Å². The third-order valence-electron chi connectivity index (χ3n) is 2.30. The van der Waals surface area contributed by atoms with E-state index in [0.29, 0.717) is 5.69 Å². The molecule has 0 spiro atoms. The maximum atomic E-state index is 12.7. The van der Waals surface area contributed by atoms with Gasteiger partial charge in [0.25, 0.3) is 5.91 Å². The number of nitrogens with one attached hydrogen (secondary N) is 2. The number of hydrogen-bond donors (Lipinski definition) is 2. The van der Waals surface area contributed by atoms with E-state index in [-0.39, 0.29) is 10.6 Å². The summed E-state index contributed by atoms with van der Waals surface area (Å²) in [6, 6.07) is 4.23. The molecule has 0 bridgehead atoms. The summed E-state index contributed by atoms with van der Waals surface area (Å²) in [5.41, 5.74) is 0.349. The van der Waals surface area contributed by atoms with Crippen LogP contribution in [0, 0.1) is 0 Å². The van der Waals surface area contributed by atoms with Gasteiger partial charge in [-0.15, -0.1) is 0 Å². The molecule has 0 aliphatic heterocycles. The first-order chi connectivity index (χ1) is 8.77. The summed E-state index contributed by atoms with van der Waals surface area (Å²) in [6.45, 7) is -1.45. The van der Waals surface area contributed by atoms with Gasteiger partial charge in [-0.25, -0.2) is 8.78 Å². The van der Waals surface area contributed by atoms with Crippen molar-refractivity contribution in [3.8, 4) is 0 Å². The van der Waals surface area contributed by atoms with Gasteiger partial charge in [0.05, 0.1) is 12.1 Å². The van der Waals surface area contributed by atoms with Crippen LogP contribution in [0.2, 0.25) is 5.02 Å². The van der Waals surface area contributed by atoms with Gasteiger partial charge >= 0.3 is 12.3 Å². The van der Waals surface area contributed by atoms with Crippen LogP contribution in [0.4, 0.5) is 23.2 Å². The molecule has 2 N–H and O–H groups in total. The largest absolute Gasteiger partial charge is 0.387 e. The number of benzene rings is 1. The molecule has 0 heterocycles. The summed E-state index contributed by atoms with van der Waals surface area (Å²) in [4.78, 5) is 11.7. The molecule has 0 saturated heterocycles. The molecule has 3 nitrogen and oxygen atoms in total. The van der Waals surface area contributed by atoms with Crippen molar-refractivity contribution in [2.24, 2.45) is 0 Å². The van der Waals surface area contributed by atoms with Gasteiger partial charge in [0.2, 0.25) is 0 Å². The average molecular weight is 299 g/mol. The van der Waals surface area contributed by atoms with E-state index in [2.05, 4.69) is 5.32 Å². The van der Waals surface area contributed by atoms with Crippen molar-refractivity contribution in [1.82, 2.24) is 5.32 Å². The van der Waals surface area contributed by atoms with Crippen molar-refractivity contribution in [1.29, 1.82) is 0 Å². The molecule has 0 saturated carbocycles. The second-order valence-corrected chi connectivity index (χ2v) is 4.12. The third kappa shape index (κ3) is 3.99. The van der Waals surface area contributed by atoms with E-state index in [4.69, 9.17) is 11.6 Å². The molecule has 1 aromatic rings. The Morgan fingerprint density at radius 2 is 2.05 bits per heavy atom. The van der Waals surface area contributed by atoms with Gasteiger partial charge in [-0.3, -0.25) is 4.79 Å². The molecule has 1 aromatic carbocycles. The van der Waals surface area contributed by atoms with Crippen molar-refractivity contribution in [3.05, 3.63) is 28.8 Å². The van der Waals surface area contributed by atoms with E-state index < -0.39 is 24.8 Å². The zero-order valence-electron chi connectivity index (χ0n) is 9.81. The summed E-state index contributed by atoms with van der Waals surface area (Å²) in [5, 5.41) is 4.65. The summed E-state index contributed by atoms with van der Waals surface area (Å²) in [5.74, 6) is -5.18. The van der Waals surface area contributed by atoms with Crippen LogP contribution in [0.1, 0.15) is 10.4 Å². The highest BCUT2D eigenvalue weighted by atomic mass is 35.5. The minimum atomic E-state index is -4.27. The van der Waals surface area contributed by atoms with Crippen LogP contribution in [-0.4, -0.2) is 31.8 Å². The molecule has 0 aliphatic carbocycles. The minimum Gasteiger partial charge on any atom is -0.387 e. The van der Waals surface area contributed by atoms with E-state index in [1.807, 2.05) is 0 Å². The Labute approximate surface area is 111 Å². The molecule has 1 rings (SSSR count). The SMILES string of the molecule is CNc1ccc(Cl)cc1C(=O)NCC(F)(F)C(F)F. The first kappa shape index (κ1) is 15.6. The first-order valence-corrected chi connectivity index (χ1v) is 5.57. The second-order valence-electron chi connectivity index (χ2n) is 3.68. The van der Waals surface area contributed by atoms with E-state index in [1.54, 1.807) is 5.32 Å². The molecule has 1 amide bonds. The van der Waals surface area contributed by atoms with E-state index in [9.17, 15) is 22.4 Å². The quantitative estimate of drug-likeness (QED) is 0.821. The summed E-state index contributed by atoms with van der Waals surface area (Å²) in [6.07, 6.45) is -3.84. The lowest BCUT2D eigenvalue weighted by Crippen LogP contribution is -2.41. The van der Waals surface area contributed by atoms with Crippen molar-refractivity contribution in [2.75, 3.05) is 18.9 Å². The Bertz CT molecular complexity index is 468. The molecule has 19 heavy (non-hydrogen) atoms. The van der Waals surface area contributed by atoms with Crippen LogP contribution in [0.5, 0.6) is 0 Å². The van der Waals surface area contributed by atoms with Crippen LogP contribution in [0.3, 0.4) is 0 Å². The lowest BCUT2D eigenvalue weighted by atomic mass is 10.1. The molecule has 0 unspecified atom stereocenters. The maximum absolute atomic E-state index is 12.7. The highest BCUT2D eigenvalue weighted by Gasteiger charge is 2.40. The summed E-state index contributed by atoms with van der Waals surface area (Å²) < 4.78 is 49.2. The Hall–Kier alpha value is -1.50. The summed E-state index contributed by atoms with van der Waals surface area (Å²) in [7, 11) is 1.52. The standard InChI is InChI=1S/C11H11ClF4N2O/c1-17-8-3-2-6(12)4-7(8)9(19)18-5-11(15,16)10(13)14/h2-4,10,17H,5H2,1H3,(H,18,19). The predicted molar refractivity (Wildman–Crippen MR) is 64.3 cm³/mol. The van der Waals surface area contributed by atoms with Crippen molar-refractivity contribution in [3.63, 3.8) is 0 Å². The van der Waals surface area contributed by atoms with Gasteiger partial charge in [0.15, 0.2) is 0 Å². The van der Waals surface area contributed by atoms with Gasteiger partial charge in [-0.05, 0) is 18.2 Å². The minimum absolute atomic E-state index is 0.0000614. The number of rotatable bonds is 5. The fourth-order valence-corrected chi connectivity index (χ4v) is 1.46. The fourth-order valence-electron chi connectivity index (χ4n) is 1.29. The smallest absolute Gasteiger partial charge is 0.324 e. The molecule has 0 atom stereocenters. The molecule has 0 aromatic heterocycles. The lowest BCUT2D eigenvalue weighted by molar-refractivity contribution is -0.123. The van der Waals surface area contributed by atoms with Gasteiger partial charge in [-0.1, -0.05) is 11.6 Å². The van der Waals surface area contributed by atoms with Crippen molar-refractivity contribution >= 4 is 23.2 Å². The molecule has 8 heteroatoms. The fraction of sp³-hybridized carbons (Fsp3) is 0.364. The Balaban J connectivity index is 2.82. The van der Waals surface area contributed by atoms with Crippen LogP contribution in [0.25, 0.3) is 0 Å². The molecule has 106 valence electrons. The number of carbonyl (C=O) groups is 1. The third-order valence-corrected chi connectivity index (χ3v) is 2.53. The Morgan fingerprint density at radius 1 is 1.42 bits per heavy atom. The number of amides is 1. The number of alkyl halides is 4. The molecular weight excluding hydrogens is 288 g/mol. The zero-order valence-corrected chi connectivity index (χ0v) is 10.6. The number of hydrogen-bond acceptors (Lipinski definition) is 2. The van der Waals surface area contributed by atoms with Crippen LogP contribution < -0.4 is 10.6 Å². The van der Waals surface area contributed by atoms with Crippen molar-refractivity contribution < 1.29 is 22.4 Å². The predicted octanol–water partition coefficient (Wildman–Crippen LogP) is 3.01. The zero-order chi connectivity index (χ0) is 14.6. The van der Waals surface area contributed by atoms with E-state index >= 15 is 0 Å². The van der Waals surface area contributed by atoms with Crippen LogP contribution in [-0.2, 0) is 0 Å². The van der Waals surface area contributed by atoms with Gasteiger partial charge < -0.3 is 10.6 Å². The van der Waals surface area contributed by atoms with Gasteiger partial charge in [0.1, 0.15) is 0 Å². The van der Waals surface area contributed by atoms with Gasteiger partial charge in [0, 0.05) is 17.8 Å². The van der Waals surface area contributed by atoms with Gasteiger partial charge in [-0.2, -0.15) is 8.78 Å². The monoisotopic (exact) mass is 298 g/mol. The maximum Gasteiger partial charge on any atom is 0.324 e. The van der Waals surface area contributed by atoms with Crippen molar-refractivity contribution in [2.45, 2.75) is 12.3 Å². The van der Waals surface area contributed by atoms with E-state index in [1.165, 1.54) is 25.2 Å². The molecule has 0 radical (unpaired) electrons. The molecular formula is C11H11ClF4N2O. The van der Waals surface area contributed by atoms with Crippen LogP contribution in [0.15, 0.2) is 18.2 Å². The lowest BCUT2D eigenvalue weighted by Gasteiger charge is -2.16. The number of halogens is 5. The Kier molecular flexibility index (Phi) is 4.99. The normalized spacial score (nSPS) is 11.5. The molecule has 0 aliphatic rings. The highest BCUT2D eigenvalue weighted by molar-refractivity contribution is 6.31. The number of anilines is 1. The van der Waals surface area contributed by atoms with E-state index in [0.717, 1.165) is 0 Å². The highest BCUT2D eigenvalue weighted by Crippen LogP contribution is 2.23.